The van der Waals surface area contributed by atoms with E-state index in [0.717, 1.165) is 5.39 Å². The maximum absolute atomic E-state index is 11.1. The van der Waals surface area contributed by atoms with Gasteiger partial charge in [-0.2, -0.15) is 0 Å². The highest BCUT2D eigenvalue weighted by atomic mass is 35.5. The van der Waals surface area contributed by atoms with Crippen LogP contribution in [0.25, 0.3) is 11.0 Å². The van der Waals surface area contributed by atoms with Crippen LogP contribution in [-0.2, 0) is 15.6 Å². The van der Waals surface area contributed by atoms with Crippen molar-refractivity contribution in [2.75, 3.05) is 6.26 Å². The second kappa shape index (κ2) is 3.54. The van der Waals surface area contributed by atoms with Crippen LogP contribution in [0.3, 0.4) is 0 Å². The number of hydrogen-bond acceptors (Lipinski definition) is 3. The Hall–Kier alpha value is -1.00. The molecule has 0 saturated heterocycles. The molecule has 80 valence electrons. The maximum atomic E-state index is 11.1. The number of furan rings is 1. The van der Waals surface area contributed by atoms with E-state index in [2.05, 4.69) is 0 Å². The fraction of sp³-hybridized carbons (Fsp3) is 0.200. The minimum atomic E-state index is -3.06. The Labute approximate surface area is 92.6 Å². The number of halogens is 1. The number of fused-ring (bicyclic) bond motifs is 1. The van der Waals surface area contributed by atoms with Crippen LogP contribution < -0.4 is 0 Å². The van der Waals surface area contributed by atoms with E-state index in [1.165, 1.54) is 6.26 Å². The lowest BCUT2D eigenvalue weighted by Crippen LogP contribution is -1.98. The van der Waals surface area contributed by atoms with Gasteiger partial charge in [0.05, 0.1) is 0 Å². The second-order valence-corrected chi connectivity index (χ2v) is 6.04. The van der Waals surface area contributed by atoms with Crippen molar-refractivity contribution in [2.45, 2.75) is 5.75 Å². The summed E-state index contributed by atoms with van der Waals surface area (Å²) in [5.74, 6) is 0.356. The molecule has 0 aliphatic heterocycles. The fourth-order valence-electron chi connectivity index (χ4n) is 1.39. The van der Waals surface area contributed by atoms with Crippen molar-refractivity contribution in [3.8, 4) is 0 Å². The molecule has 0 N–H and O–H groups in total. The Morgan fingerprint density at radius 3 is 2.73 bits per heavy atom. The normalized spacial score (nSPS) is 12.1. The molecule has 2 aromatic rings. The van der Waals surface area contributed by atoms with Gasteiger partial charge in [0.1, 0.15) is 17.1 Å². The van der Waals surface area contributed by atoms with Gasteiger partial charge >= 0.3 is 0 Å². The Morgan fingerprint density at radius 1 is 1.33 bits per heavy atom. The molecule has 1 heterocycles. The Bertz CT molecular complexity index is 598. The van der Waals surface area contributed by atoms with Crippen molar-refractivity contribution >= 4 is 32.4 Å². The molecule has 5 heteroatoms. The minimum Gasteiger partial charge on any atom is -0.460 e. The van der Waals surface area contributed by atoms with Gasteiger partial charge in [-0.25, -0.2) is 8.42 Å². The Balaban J connectivity index is 2.48. The van der Waals surface area contributed by atoms with E-state index < -0.39 is 9.84 Å². The largest absolute Gasteiger partial charge is 0.460 e. The molecule has 15 heavy (non-hydrogen) atoms. The first kappa shape index (κ1) is 10.5. The van der Waals surface area contributed by atoms with E-state index in [4.69, 9.17) is 16.0 Å². The highest BCUT2D eigenvalue weighted by molar-refractivity contribution is 7.89. The highest BCUT2D eigenvalue weighted by Crippen LogP contribution is 2.23. The first-order chi connectivity index (χ1) is 6.94. The Kier molecular flexibility index (Phi) is 2.48. The molecule has 0 unspecified atom stereocenters. The van der Waals surface area contributed by atoms with E-state index >= 15 is 0 Å². The van der Waals surface area contributed by atoms with Crippen LogP contribution in [0.1, 0.15) is 5.76 Å². The first-order valence-electron chi connectivity index (χ1n) is 4.30. The van der Waals surface area contributed by atoms with Crippen LogP contribution >= 0.6 is 11.6 Å². The topological polar surface area (TPSA) is 47.3 Å². The molecule has 0 aliphatic rings. The zero-order valence-corrected chi connectivity index (χ0v) is 9.60. The van der Waals surface area contributed by atoms with Crippen LogP contribution in [0.15, 0.2) is 28.7 Å². The lowest BCUT2D eigenvalue weighted by atomic mass is 10.2. The standard InChI is InChI=1S/C10H9ClO3S/c1-15(12,13)6-9-4-7-2-3-8(11)5-10(7)14-9/h2-5H,6H2,1H3. The molecule has 1 aromatic carbocycles. The van der Waals surface area contributed by atoms with Crippen LogP contribution in [0.2, 0.25) is 5.02 Å². The van der Waals surface area contributed by atoms with Gasteiger partial charge in [-0.3, -0.25) is 0 Å². The van der Waals surface area contributed by atoms with E-state index in [-0.39, 0.29) is 5.75 Å². The van der Waals surface area contributed by atoms with Crippen LogP contribution in [-0.4, -0.2) is 14.7 Å². The first-order valence-corrected chi connectivity index (χ1v) is 6.73. The van der Waals surface area contributed by atoms with Crippen LogP contribution in [0.4, 0.5) is 0 Å². The average Bonchev–Trinajstić information content (AvgIpc) is 2.42. The Morgan fingerprint density at radius 2 is 2.07 bits per heavy atom. The van der Waals surface area contributed by atoms with E-state index in [1.54, 1.807) is 24.3 Å². The maximum Gasteiger partial charge on any atom is 0.154 e. The molecule has 3 nitrogen and oxygen atoms in total. The van der Waals surface area contributed by atoms with Gasteiger partial charge in [-0.1, -0.05) is 11.6 Å². The van der Waals surface area contributed by atoms with Crippen molar-refractivity contribution in [2.24, 2.45) is 0 Å². The quantitative estimate of drug-likeness (QED) is 0.816. The van der Waals surface area contributed by atoms with Crippen molar-refractivity contribution in [3.63, 3.8) is 0 Å². The summed E-state index contributed by atoms with van der Waals surface area (Å²) < 4.78 is 27.5. The summed E-state index contributed by atoms with van der Waals surface area (Å²) in [6.45, 7) is 0. The lowest BCUT2D eigenvalue weighted by Gasteiger charge is -1.91. The third kappa shape index (κ3) is 2.52. The molecule has 0 aliphatic carbocycles. The summed E-state index contributed by atoms with van der Waals surface area (Å²) >= 11 is 5.78. The number of hydrogen-bond donors (Lipinski definition) is 0. The summed E-state index contributed by atoms with van der Waals surface area (Å²) in [6.07, 6.45) is 1.17. The monoisotopic (exact) mass is 244 g/mol. The summed E-state index contributed by atoms with van der Waals surface area (Å²) in [7, 11) is -3.06. The minimum absolute atomic E-state index is 0.0840. The van der Waals surface area contributed by atoms with Gasteiger partial charge in [0.25, 0.3) is 0 Å². The van der Waals surface area contributed by atoms with E-state index in [9.17, 15) is 8.42 Å². The molecule has 0 atom stereocenters. The number of sulfone groups is 1. The smallest absolute Gasteiger partial charge is 0.154 e. The molecule has 0 spiro atoms. The molecule has 1 aromatic heterocycles. The van der Waals surface area contributed by atoms with Gasteiger partial charge in [-0.15, -0.1) is 0 Å². The molecule has 0 bridgehead atoms. The predicted molar refractivity (Wildman–Crippen MR) is 59.8 cm³/mol. The summed E-state index contributed by atoms with van der Waals surface area (Å²) in [6, 6.07) is 6.92. The molecular weight excluding hydrogens is 236 g/mol. The lowest BCUT2D eigenvalue weighted by molar-refractivity contribution is 0.557. The molecule has 0 radical (unpaired) electrons. The zero-order valence-electron chi connectivity index (χ0n) is 8.03. The van der Waals surface area contributed by atoms with Gasteiger partial charge in [-0.05, 0) is 18.2 Å². The van der Waals surface area contributed by atoms with Crippen LogP contribution in [0, 0.1) is 0 Å². The molecular formula is C10H9ClO3S. The summed E-state index contributed by atoms with van der Waals surface area (Å²) in [4.78, 5) is 0. The zero-order chi connectivity index (χ0) is 11.1. The third-order valence-electron chi connectivity index (χ3n) is 1.94. The molecule has 0 fully saturated rings. The van der Waals surface area contributed by atoms with Crippen molar-refractivity contribution in [3.05, 3.63) is 35.0 Å². The van der Waals surface area contributed by atoms with Crippen molar-refractivity contribution in [1.29, 1.82) is 0 Å². The molecule has 0 amide bonds. The summed E-state index contributed by atoms with van der Waals surface area (Å²) in [5.41, 5.74) is 0.612. The average molecular weight is 245 g/mol. The predicted octanol–water partition coefficient (Wildman–Crippen LogP) is 2.63. The van der Waals surface area contributed by atoms with E-state index in [1.807, 2.05) is 0 Å². The van der Waals surface area contributed by atoms with Crippen LogP contribution in [0.5, 0.6) is 0 Å². The fourth-order valence-corrected chi connectivity index (χ4v) is 2.21. The van der Waals surface area contributed by atoms with E-state index in [0.29, 0.717) is 16.4 Å². The third-order valence-corrected chi connectivity index (χ3v) is 2.98. The van der Waals surface area contributed by atoms with Gasteiger partial charge in [0, 0.05) is 22.7 Å². The van der Waals surface area contributed by atoms with Gasteiger partial charge in [0.2, 0.25) is 0 Å². The number of rotatable bonds is 2. The molecule has 0 saturated carbocycles. The van der Waals surface area contributed by atoms with Gasteiger partial charge in [0.15, 0.2) is 9.84 Å². The summed E-state index contributed by atoms with van der Waals surface area (Å²) in [5, 5.41) is 1.43. The second-order valence-electron chi connectivity index (χ2n) is 3.46. The SMILES string of the molecule is CS(=O)(=O)Cc1cc2ccc(Cl)cc2o1. The number of benzene rings is 1. The molecule has 2 rings (SSSR count). The van der Waals surface area contributed by atoms with Gasteiger partial charge < -0.3 is 4.42 Å². The van der Waals surface area contributed by atoms with Crippen molar-refractivity contribution < 1.29 is 12.8 Å². The highest BCUT2D eigenvalue weighted by Gasteiger charge is 2.10. The van der Waals surface area contributed by atoms with Crippen molar-refractivity contribution in [1.82, 2.24) is 0 Å².